The predicted molar refractivity (Wildman–Crippen MR) is 86.8 cm³/mol. The molecule has 0 aliphatic heterocycles. The average Bonchev–Trinajstić information content (AvgIpc) is 2.91. The summed E-state index contributed by atoms with van der Waals surface area (Å²) in [5, 5.41) is 2.56. The van der Waals surface area contributed by atoms with E-state index in [0.717, 1.165) is 6.42 Å². The van der Waals surface area contributed by atoms with E-state index in [9.17, 15) is 0 Å². The lowest BCUT2D eigenvalue weighted by atomic mass is 10.0. The van der Waals surface area contributed by atoms with Crippen molar-refractivity contribution in [1.29, 1.82) is 0 Å². The summed E-state index contributed by atoms with van der Waals surface area (Å²) in [6, 6.07) is 19.5. The van der Waals surface area contributed by atoms with Crippen LogP contribution in [0.4, 0.5) is 0 Å². The molecule has 1 unspecified atom stereocenters. The van der Waals surface area contributed by atoms with Crippen molar-refractivity contribution < 1.29 is 0 Å². The van der Waals surface area contributed by atoms with Crippen LogP contribution < -0.4 is 11.3 Å². The van der Waals surface area contributed by atoms with Gasteiger partial charge in [0, 0.05) is 9.75 Å². The van der Waals surface area contributed by atoms with E-state index >= 15 is 0 Å². The van der Waals surface area contributed by atoms with Crippen molar-refractivity contribution >= 4 is 22.1 Å². The van der Waals surface area contributed by atoms with Crippen molar-refractivity contribution in [2.75, 3.05) is 0 Å². The highest BCUT2D eigenvalue weighted by atomic mass is 32.1. The van der Waals surface area contributed by atoms with E-state index in [4.69, 9.17) is 5.84 Å². The molecule has 3 rings (SSSR count). The molecule has 2 aromatic carbocycles. The third kappa shape index (κ3) is 2.75. The van der Waals surface area contributed by atoms with Gasteiger partial charge >= 0.3 is 0 Å². The normalized spacial score (nSPS) is 12.7. The van der Waals surface area contributed by atoms with Gasteiger partial charge in [0.15, 0.2) is 0 Å². The molecular formula is C17H18N2S. The number of hydrogen-bond acceptors (Lipinski definition) is 3. The topological polar surface area (TPSA) is 38.0 Å². The minimum Gasteiger partial charge on any atom is -0.271 e. The lowest BCUT2D eigenvalue weighted by Gasteiger charge is -2.14. The Bertz CT molecular complexity index is 718. The minimum atomic E-state index is 0.176. The van der Waals surface area contributed by atoms with Crippen molar-refractivity contribution in [3.8, 4) is 0 Å². The van der Waals surface area contributed by atoms with Crippen molar-refractivity contribution in [2.45, 2.75) is 19.4 Å². The molecule has 3 heteroatoms. The third-order valence-electron chi connectivity index (χ3n) is 3.56. The first-order valence-corrected chi connectivity index (χ1v) is 7.58. The van der Waals surface area contributed by atoms with Crippen LogP contribution in [0.1, 0.15) is 21.4 Å². The molecule has 0 spiro atoms. The fourth-order valence-electron chi connectivity index (χ4n) is 2.48. The molecule has 3 N–H and O–H groups in total. The van der Waals surface area contributed by atoms with Gasteiger partial charge in [0.1, 0.15) is 0 Å². The molecule has 2 nitrogen and oxygen atoms in total. The summed E-state index contributed by atoms with van der Waals surface area (Å²) < 4.78 is 0. The van der Waals surface area contributed by atoms with E-state index in [1.165, 1.54) is 26.1 Å². The zero-order chi connectivity index (χ0) is 13.9. The molecule has 0 bridgehead atoms. The molecule has 1 atom stereocenters. The monoisotopic (exact) mass is 282 g/mol. The Morgan fingerprint density at radius 2 is 1.85 bits per heavy atom. The number of nitrogens with two attached hydrogens (primary N) is 1. The summed E-state index contributed by atoms with van der Waals surface area (Å²) in [5.41, 5.74) is 4.24. The second kappa shape index (κ2) is 5.75. The molecule has 0 radical (unpaired) electrons. The number of hydrazine groups is 1. The Labute approximate surface area is 123 Å². The Hall–Kier alpha value is -1.68. The van der Waals surface area contributed by atoms with Crippen molar-refractivity contribution in [1.82, 2.24) is 5.43 Å². The molecule has 1 aromatic heterocycles. The van der Waals surface area contributed by atoms with E-state index in [0.29, 0.717) is 0 Å². The summed E-state index contributed by atoms with van der Waals surface area (Å²) in [7, 11) is 0. The number of thiophene rings is 1. The Morgan fingerprint density at radius 1 is 1.05 bits per heavy atom. The standard InChI is InChI=1S/C17H18N2S/c1-12-6-9-17(20-12)16(19-18)11-13-7-8-14-4-2-3-5-15(14)10-13/h2-10,16,19H,11,18H2,1H3. The van der Waals surface area contributed by atoms with Gasteiger partial charge in [-0.15, -0.1) is 11.3 Å². The predicted octanol–water partition coefficient (Wildman–Crippen LogP) is 3.96. The van der Waals surface area contributed by atoms with Crippen molar-refractivity contribution in [3.05, 3.63) is 69.9 Å². The summed E-state index contributed by atoms with van der Waals surface area (Å²) in [6.07, 6.45) is 0.904. The first-order valence-electron chi connectivity index (χ1n) is 6.76. The zero-order valence-electron chi connectivity index (χ0n) is 11.5. The molecule has 0 amide bonds. The van der Waals surface area contributed by atoms with E-state index in [1.807, 2.05) is 0 Å². The quantitative estimate of drug-likeness (QED) is 0.561. The SMILES string of the molecule is Cc1ccc(C(Cc2ccc3ccccc3c2)NN)s1. The number of fused-ring (bicyclic) bond motifs is 1. The number of aryl methyl sites for hydroxylation is 1. The molecule has 0 saturated carbocycles. The van der Waals surface area contributed by atoms with E-state index in [-0.39, 0.29) is 6.04 Å². The maximum absolute atomic E-state index is 5.73. The Kier molecular flexibility index (Phi) is 3.83. The van der Waals surface area contributed by atoms with E-state index in [2.05, 4.69) is 66.9 Å². The average molecular weight is 282 g/mol. The molecule has 0 aliphatic carbocycles. The molecular weight excluding hydrogens is 264 g/mol. The van der Waals surface area contributed by atoms with Crippen LogP contribution in [0.15, 0.2) is 54.6 Å². The zero-order valence-corrected chi connectivity index (χ0v) is 12.3. The first-order chi connectivity index (χ1) is 9.76. The maximum atomic E-state index is 5.73. The lowest BCUT2D eigenvalue weighted by Crippen LogP contribution is -2.28. The molecule has 0 fully saturated rings. The number of hydrogen-bond donors (Lipinski definition) is 2. The van der Waals surface area contributed by atoms with Crippen LogP contribution in [-0.4, -0.2) is 0 Å². The van der Waals surface area contributed by atoms with Crippen LogP contribution in [0, 0.1) is 6.92 Å². The highest BCUT2D eigenvalue weighted by molar-refractivity contribution is 7.12. The maximum Gasteiger partial charge on any atom is 0.0593 e. The van der Waals surface area contributed by atoms with Crippen LogP contribution in [-0.2, 0) is 6.42 Å². The highest BCUT2D eigenvalue weighted by Gasteiger charge is 2.12. The van der Waals surface area contributed by atoms with Crippen LogP contribution >= 0.6 is 11.3 Å². The van der Waals surface area contributed by atoms with E-state index < -0.39 is 0 Å². The summed E-state index contributed by atoms with van der Waals surface area (Å²) >= 11 is 1.80. The highest BCUT2D eigenvalue weighted by Crippen LogP contribution is 2.26. The van der Waals surface area contributed by atoms with Crippen LogP contribution in [0.5, 0.6) is 0 Å². The lowest BCUT2D eigenvalue weighted by molar-refractivity contribution is 0.561. The smallest absolute Gasteiger partial charge is 0.0593 e. The summed E-state index contributed by atoms with van der Waals surface area (Å²) in [5.74, 6) is 5.73. The Balaban J connectivity index is 1.87. The van der Waals surface area contributed by atoms with Crippen LogP contribution in [0.2, 0.25) is 0 Å². The molecule has 3 aromatic rings. The number of nitrogens with one attached hydrogen (secondary N) is 1. The van der Waals surface area contributed by atoms with Gasteiger partial charge in [-0.2, -0.15) is 0 Å². The second-order valence-electron chi connectivity index (χ2n) is 5.05. The largest absolute Gasteiger partial charge is 0.271 e. The first kappa shape index (κ1) is 13.3. The third-order valence-corrected chi connectivity index (χ3v) is 4.67. The summed E-state index contributed by atoms with van der Waals surface area (Å²) in [4.78, 5) is 2.61. The van der Waals surface area contributed by atoms with Gasteiger partial charge in [0.25, 0.3) is 0 Å². The van der Waals surface area contributed by atoms with Crippen molar-refractivity contribution in [2.24, 2.45) is 5.84 Å². The molecule has 102 valence electrons. The fraction of sp³-hybridized carbons (Fsp3) is 0.176. The van der Waals surface area contributed by atoms with Crippen LogP contribution in [0.3, 0.4) is 0 Å². The van der Waals surface area contributed by atoms with E-state index in [1.54, 1.807) is 11.3 Å². The van der Waals surface area contributed by atoms with Gasteiger partial charge in [-0.05, 0) is 41.8 Å². The fourth-order valence-corrected chi connectivity index (χ4v) is 3.42. The summed E-state index contributed by atoms with van der Waals surface area (Å²) in [6.45, 7) is 2.12. The molecule has 20 heavy (non-hydrogen) atoms. The minimum absolute atomic E-state index is 0.176. The van der Waals surface area contributed by atoms with Gasteiger partial charge < -0.3 is 0 Å². The van der Waals surface area contributed by atoms with Crippen molar-refractivity contribution in [3.63, 3.8) is 0 Å². The Morgan fingerprint density at radius 3 is 2.55 bits per heavy atom. The van der Waals surface area contributed by atoms with Crippen LogP contribution in [0.25, 0.3) is 10.8 Å². The van der Waals surface area contributed by atoms with Gasteiger partial charge in [0.2, 0.25) is 0 Å². The second-order valence-corrected chi connectivity index (χ2v) is 6.37. The molecule has 0 saturated heterocycles. The number of benzene rings is 2. The van der Waals surface area contributed by atoms with Gasteiger partial charge in [0.05, 0.1) is 6.04 Å². The number of rotatable bonds is 4. The molecule has 0 aliphatic rings. The van der Waals surface area contributed by atoms with Gasteiger partial charge in [-0.1, -0.05) is 42.5 Å². The van der Waals surface area contributed by atoms with Gasteiger partial charge in [-0.3, -0.25) is 11.3 Å². The van der Waals surface area contributed by atoms with Gasteiger partial charge in [-0.25, -0.2) is 0 Å². The molecule has 1 heterocycles.